The Morgan fingerprint density at radius 2 is 2.38 bits per heavy atom. The summed E-state index contributed by atoms with van der Waals surface area (Å²) >= 11 is 0. The molecule has 0 aliphatic carbocycles. The Morgan fingerprint density at radius 1 is 1.50 bits per heavy atom. The van der Waals surface area contributed by atoms with Gasteiger partial charge in [-0.3, -0.25) is 0 Å². The van der Waals surface area contributed by atoms with Crippen molar-refractivity contribution in [3.05, 3.63) is 47.3 Å². The van der Waals surface area contributed by atoms with Crippen molar-refractivity contribution in [1.29, 1.82) is 0 Å². The van der Waals surface area contributed by atoms with Crippen molar-refractivity contribution >= 4 is 11.8 Å². The molecule has 4 nitrogen and oxygen atoms in total. The molecule has 1 aromatic carbocycles. The Balaban J connectivity index is 2.27. The molecule has 2 rings (SSSR count). The van der Waals surface area contributed by atoms with Gasteiger partial charge in [0.1, 0.15) is 5.69 Å². The average molecular weight is 214 g/mol. The highest BCUT2D eigenvalue weighted by molar-refractivity contribution is 5.50. The van der Waals surface area contributed by atoms with Crippen molar-refractivity contribution in [2.24, 2.45) is 4.99 Å². The summed E-state index contributed by atoms with van der Waals surface area (Å²) in [6.07, 6.45) is 3.47. The Bertz CT molecular complexity index is 539. The molecule has 0 amide bonds. The first kappa shape index (κ1) is 10.3. The molecule has 1 heterocycles. The van der Waals surface area contributed by atoms with Crippen LogP contribution in [-0.4, -0.2) is 11.2 Å². The topological polar surface area (TPSA) is 55.5 Å². The molecule has 80 valence electrons. The molecule has 0 unspecified atom stereocenters. The number of nitrogens with zero attached hydrogens (tertiary/aromatic N) is 2. The van der Waals surface area contributed by atoms with Gasteiger partial charge in [0.2, 0.25) is 6.08 Å². The number of aromatic nitrogens is 1. The Labute approximate surface area is 92.6 Å². The van der Waals surface area contributed by atoms with Gasteiger partial charge in [0.05, 0.1) is 6.20 Å². The third-order valence-electron chi connectivity index (χ3n) is 2.24. The highest BCUT2D eigenvalue weighted by atomic mass is 16.5. The van der Waals surface area contributed by atoms with Crippen LogP contribution in [0.4, 0.5) is 5.69 Å². The number of benzene rings is 1. The van der Waals surface area contributed by atoms with E-state index in [-0.39, 0.29) is 0 Å². The number of isocyanates is 1. The van der Waals surface area contributed by atoms with Crippen LogP contribution in [0.15, 0.2) is 40.0 Å². The lowest BCUT2D eigenvalue weighted by molar-refractivity contribution is 0.390. The molecule has 0 saturated carbocycles. The van der Waals surface area contributed by atoms with Crippen LogP contribution in [0.3, 0.4) is 0 Å². The van der Waals surface area contributed by atoms with Crippen LogP contribution >= 0.6 is 0 Å². The highest BCUT2D eigenvalue weighted by Crippen LogP contribution is 2.21. The van der Waals surface area contributed by atoms with E-state index in [9.17, 15) is 4.79 Å². The van der Waals surface area contributed by atoms with Gasteiger partial charge in [-0.15, -0.1) is 0 Å². The third-order valence-corrected chi connectivity index (χ3v) is 2.24. The molecule has 1 aromatic heterocycles. The summed E-state index contributed by atoms with van der Waals surface area (Å²) in [5, 5.41) is 3.61. The predicted molar refractivity (Wildman–Crippen MR) is 58.3 cm³/mol. The fraction of sp³-hybridized carbons (Fsp3) is 0.167. The fourth-order valence-electron chi connectivity index (χ4n) is 1.53. The van der Waals surface area contributed by atoms with Crippen molar-refractivity contribution in [3.8, 4) is 0 Å². The summed E-state index contributed by atoms with van der Waals surface area (Å²) in [5.41, 5.74) is 2.72. The number of hydrogen-bond acceptors (Lipinski definition) is 4. The van der Waals surface area contributed by atoms with E-state index in [4.69, 9.17) is 4.52 Å². The van der Waals surface area contributed by atoms with E-state index in [1.807, 2.05) is 25.1 Å². The van der Waals surface area contributed by atoms with E-state index in [1.54, 1.807) is 0 Å². The average Bonchev–Trinajstić information content (AvgIpc) is 2.66. The maximum atomic E-state index is 10.2. The summed E-state index contributed by atoms with van der Waals surface area (Å²) in [6.45, 7) is 2.02. The van der Waals surface area contributed by atoms with E-state index in [0.717, 1.165) is 5.56 Å². The molecule has 0 aliphatic rings. The van der Waals surface area contributed by atoms with Crippen LogP contribution in [0.5, 0.6) is 0 Å². The number of aliphatic imine (C=N–C) groups is 1. The van der Waals surface area contributed by atoms with E-state index in [2.05, 4.69) is 16.2 Å². The normalized spacial score (nSPS) is 9.81. The number of rotatable bonds is 3. The minimum Gasteiger partial charge on any atom is -0.359 e. The molecule has 0 atom stereocenters. The van der Waals surface area contributed by atoms with Gasteiger partial charge in [-0.1, -0.05) is 35.0 Å². The Morgan fingerprint density at radius 3 is 3.12 bits per heavy atom. The van der Waals surface area contributed by atoms with Gasteiger partial charge >= 0.3 is 0 Å². The van der Waals surface area contributed by atoms with Crippen molar-refractivity contribution < 1.29 is 9.32 Å². The van der Waals surface area contributed by atoms with Crippen molar-refractivity contribution in [3.63, 3.8) is 0 Å². The lowest BCUT2D eigenvalue weighted by atomic mass is 10.1. The molecule has 0 spiro atoms. The van der Waals surface area contributed by atoms with E-state index >= 15 is 0 Å². The third kappa shape index (κ3) is 2.24. The predicted octanol–water partition coefficient (Wildman–Crippen LogP) is 2.54. The standard InChI is InChI=1S/C12H10N2O2/c1-9-3-2-4-10(5-9)6-12-11(13-8-15)7-14-16-12/h2-5,7H,6H2,1H3. The van der Waals surface area contributed by atoms with Crippen LogP contribution in [0.2, 0.25) is 0 Å². The van der Waals surface area contributed by atoms with Crippen LogP contribution < -0.4 is 0 Å². The van der Waals surface area contributed by atoms with E-state index in [0.29, 0.717) is 17.9 Å². The number of carbonyl (C=O) groups excluding carboxylic acids is 1. The molecular formula is C12H10N2O2. The molecule has 0 fully saturated rings. The van der Waals surface area contributed by atoms with Gasteiger partial charge in [0.15, 0.2) is 5.76 Å². The number of aryl methyl sites for hydroxylation is 1. The molecule has 0 bridgehead atoms. The largest absolute Gasteiger partial charge is 0.359 e. The zero-order valence-corrected chi connectivity index (χ0v) is 8.80. The summed E-state index contributed by atoms with van der Waals surface area (Å²) in [5.74, 6) is 0.578. The zero-order valence-electron chi connectivity index (χ0n) is 8.80. The van der Waals surface area contributed by atoms with Gasteiger partial charge in [-0.25, -0.2) is 4.79 Å². The quantitative estimate of drug-likeness (QED) is 0.582. The monoisotopic (exact) mass is 214 g/mol. The smallest absolute Gasteiger partial charge is 0.240 e. The van der Waals surface area contributed by atoms with Gasteiger partial charge in [-0.2, -0.15) is 4.99 Å². The summed E-state index contributed by atoms with van der Waals surface area (Å²) < 4.78 is 5.04. The van der Waals surface area contributed by atoms with E-state index < -0.39 is 0 Å². The molecule has 2 aromatic rings. The van der Waals surface area contributed by atoms with Crippen molar-refractivity contribution in [2.45, 2.75) is 13.3 Å². The molecule has 0 radical (unpaired) electrons. The highest BCUT2D eigenvalue weighted by Gasteiger charge is 2.08. The summed E-state index contributed by atoms with van der Waals surface area (Å²) in [4.78, 5) is 13.7. The van der Waals surface area contributed by atoms with Crippen LogP contribution in [0.1, 0.15) is 16.9 Å². The molecule has 0 saturated heterocycles. The lowest BCUT2D eigenvalue weighted by Gasteiger charge is -1.99. The molecule has 4 heteroatoms. The second-order valence-corrected chi connectivity index (χ2v) is 3.50. The summed E-state index contributed by atoms with van der Waals surface area (Å²) in [6, 6.07) is 8.04. The SMILES string of the molecule is Cc1cccc(Cc2oncc2N=C=O)c1. The van der Waals surface area contributed by atoms with Crippen LogP contribution in [0.25, 0.3) is 0 Å². The van der Waals surface area contributed by atoms with Crippen molar-refractivity contribution in [2.75, 3.05) is 0 Å². The minimum atomic E-state index is 0.441. The maximum absolute atomic E-state index is 10.2. The zero-order chi connectivity index (χ0) is 11.4. The number of hydrogen-bond donors (Lipinski definition) is 0. The Hall–Kier alpha value is -2.19. The first-order valence-electron chi connectivity index (χ1n) is 4.86. The Kier molecular flexibility index (Phi) is 2.94. The molecule has 0 N–H and O–H groups in total. The van der Waals surface area contributed by atoms with Crippen molar-refractivity contribution in [1.82, 2.24) is 5.16 Å². The summed E-state index contributed by atoms with van der Waals surface area (Å²) in [7, 11) is 0. The minimum absolute atomic E-state index is 0.441. The second-order valence-electron chi connectivity index (χ2n) is 3.50. The second kappa shape index (κ2) is 4.55. The molecule has 0 aliphatic heterocycles. The fourth-order valence-corrected chi connectivity index (χ4v) is 1.53. The first-order valence-corrected chi connectivity index (χ1v) is 4.86. The van der Waals surface area contributed by atoms with Gasteiger partial charge in [-0.05, 0) is 12.5 Å². The maximum Gasteiger partial charge on any atom is 0.240 e. The molecular weight excluding hydrogens is 204 g/mol. The molecule has 16 heavy (non-hydrogen) atoms. The van der Waals surface area contributed by atoms with Crippen LogP contribution in [-0.2, 0) is 11.2 Å². The van der Waals surface area contributed by atoms with Gasteiger partial charge in [0, 0.05) is 6.42 Å². The van der Waals surface area contributed by atoms with Gasteiger partial charge in [0.25, 0.3) is 0 Å². The lowest BCUT2D eigenvalue weighted by Crippen LogP contribution is -1.86. The first-order chi connectivity index (χ1) is 7.79. The van der Waals surface area contributed by atoms with E-state index in [1.165, 1.54) is 17.8 Å². The van der Waals surface area contributed by atoms with Crippen LogP contribution in [0, 0.1) is 6.92 Å². The van der Waals surface area contributed by atoms with Gasteiger partial charge < -0.3 is 4.52 Å².